The summed E-state index contributed by atoms with van der Waals surface area (Å²) >= 11 is 0. The molecule has 0 radical (unpaired) electrons. The first-order chi connectivity index (χ1) is 25.3. The highest BCUT2D eigenvalue weighted by molar-refractivity contribution is 7.88. The molecule has 2 heterocycles. The average Bonchev–Trinajstić information content (AvgIpc) is 3.54. The third-order valence-corrected chi connectivity index (χ3v) is 11.7. The molecule has 1 amide bonds. The fraction of sp³-hybridized carbons (Fsp3) is 0.349. The number of piperidine rings is 1. The van der Waals surface area contributed by atoms with Gasteiger partial charge in [0.2, 0.25) is 10.0 Å². The maximum absolute atomic E-state index is 13.5. The highest BCUT2D eigenvalue weighted by Crippen LogP contribution is 2.45. The lowest BCUT2D eigenvalue weighted by molar-refractivity contribution is 0.0270. The fourth-order valence-electron chi connectivity index (χ4n) is 7.92. The lowest BCUT2D eigenvalue weighted by Crippen LogP contribution is -2.51. The van der Waals surface area contributed by atoms with E-state index in [4.69, 9.17) is 4.98 Å². The Morgan fingerprint density at radius 3 is 1.68 bits per heavy atom. The standard InChI is InChI=1S/C43H51N5O4S/c1-42(2,3)40(48(41(49)50)37-26-28-46(29-27-37)30-33-18-10-6-11-19-33)38-31-47(39(44-38)32-45(4)53(5,51)52)43(34-20-12-7-13-21-34,35-22-14-8-15-23-35)36-24-16-9-17-25-36/h6-25,31,37,40H,26-30,32H2,1-5H3,(H,49,50). The third-order valence-electron chi connectivity index (χ3n) is 10.5. The molecule has 1 aliphatic heterocycles. The van der Waals surface area contributed by atoms with Crippen molar-refractivity contribution in [2.45, 2.75) is 64.3 Å². The highest BCUT2D eigenvalue weighted by Gasteiger charge is 2.45. The molecule has 0 saturated carbocycles. The van der Waals surface area contributed by atoms with Gasteiger partial charge in [-0.05, 0) is 40.5 Å². The van der Waals surface area contributed by atoms with Crippen LogP contribution in [0, 0.1) is 5.41 Å². The SMILES string of the molecule is CN(Cc1nc(C(N(C(=O)O)C2CCN(Cc3ccccc3)CC2)C(C)(C)C)cn1C(c1ccccc1)(c1ccccc1)c1ccccc1)S(C)(=O)=O. The van der Waals surface area contributed by atoms with Crippen LogP contribution in [-0.4, -0.2) is 75.7 Å². The van der Waals surface area contributed by atoms with Crippen molar-refractivity contribution < 1.29 is 18.3 Å². The first-order valence-electron chi connectivity index (χ1n) is 18.2. The molecule has 4 aromatic carbocycles. The number of carboxylic acid groups (broad SMARTS) is 1. The van der Waals surface area contributed by atoms with Gasteiger partial charge in [-0.15, -0.1) is 0 Å². The van der Waals surface area contributed by atoms with E-state index in [2.05, 4.69) is 78.8 Å². The van der Waals surface area contributed by atoms with Gasteiger partial charge in [0.25, 0.3) is 0 Å². The molecule has 1 aromatic heterocycles. The monoisotopic (exact) mass is 733 g/mol. The summed E-state index contributed by atoms with van der Waals surface area (Å²) in [6.07, 6.45) is 3.57. The van der Waals surface area contributed by atoms with E-state index < -0.39 is 33.1 Å². The smallest absolute Gasteiger partial charge is 0.408 e. The van der Waals surface area contributed by atoms with Crippen molar-refractivity contribution in [3.63, 3.8) is 0 Å². The van der Waals surface area contributed by atoms with Gasteiger partial charge < -0.3 is 9.67 Å². The highest BCUT2D eigenvalue weighted by atomic mass is 32.2. The van der Waals surface area contributed by atoms with Gasteiger partial charge in [-0.3, -0.25) is 9.80 Å². The summed E-state index contributed by atoms with van der Waals surface area (Å²) in [7, 11) is -2.05. The molecule has 1 atom stereocenters. The second-order valence-electron chi connectivity index (χ2n) is 15.2. The van der Waals surface area contributed by atoms with E-state index in [1.807, 2.05) is 79.0 Å². The Labute approximate surface area is 314 Å². The van der Waals surface area contributed by atoms with Crippen molar-refractivity contribution in [3.05, 3.63) is 161 Å². The molecule has 10 heteroatoms. The first kappa shape index (κ1) is 38.0. The lowest BCUT2D eigenvalue weighted by Gasteiger charge is -2.45. The summed E-state index contributed by atoms with van der Waals surface area (Å²) in [6, 6.07) is 40.0. The van der Waals surface area contributed by atoms with Crippen LogP contribution in [-0.2, 0) is 28.7 Å². The van der Waals surface area contributed by atoms with E-state index >= 15 is 0 Å². The maximum Gasteiger partial charge on any atom is 0.408 e. The van der Waals surface area contributed by atoms with Crippen LogP contribution in [0.5, 0.6) is 0 Å². The van der Waals surface area contributed by atoms with Crippen LogP contribution in [0.4, 0.5) is 4.79 Å². The topological polar surface area (TPSA) is 99.0 Å². The van der Waals surface area contributed by atoms with Crippen molar-refractivity contribution in [2.24, 2.45) is 5.41 Å². The maximum atomic E-state index is 13.5. The Balaban J connectivity index is 1.53. The number of amides is 1. The second-order valence-corrected chi connectivity index (χ2v) is 17.3. The molecule has 1 fully saturated rings. The molecule has 9 nitrogen and oxygen atoms in total. The molecule has 278 valence electrons. The zero-order valence-corrected chi connectivity index (χ0v) is 32.2. The Kier molecular flexibility index (Phi) is 11.2. The number of carbonyl (C=O) groups is 1. The normalized spacial score (nSPS) is 15.4. The zero-order chi connectivity index (χ0) is 37.8. The zero-order valence-electron chi connectivity index (χ0n) is 31.3. The van der Waals surface area contributed by atoms with Gasteiger partial charge in [-0.2, -0.15) is 4.31 Å². The number of imidazole rings is 1. The quantitative estimate of drug-likeness (QED) is 0.131. The minimum Gasteiger partial charge on any atom is -0.465 e. The molecular weight excluding hydrogens is 683 g/mol. The predicted octanol–water partition coefficient (Wildman–Crippen LogP) is 7.85. The number of aromatic nitrogens is 2. The second kappa shape index (κ2) is 15.7. The van der Waals surface area contributed by atoms with Crippen LogP contribution in [0.25, 0.3) is 0 Å². The van der Waals surface area contributed by atoms with E-state index in [9.17, 15) is 18.3 Å². The fourth-order valence-corrected chi connectivity index (χ4v) is 8.27. The van der Waals surface area contributed by atoms with Gasteiger partial charge >= 0.3 is 6.09 Å². The third kappa shape index (κ3) is 8.10. The summed E-state index contributed by atoms with van der Waals surface area (Å²) in [4.78, 5) is 22.8. The Bertz CT molecular complexity index is 1960. The summed E-state index contributed by atoms with van der Waals surface area (Å²) in [5, 5.41) is 11.0. The minimum atomic E-state index is -3.60. The van der Waals surface area contributed by atoms with Gasteiger partial charge in [-0.1, -0.05) is 142 Å². The number of hydrogen-bond donors (Lipinski definition) is 1. The van der Waals surface area contributed by atoms with E-state index in [1.165, 1.54) is 16.1 Å². The summed E-state index contributed by atoms with van der Waals surface area (Å²) in [5.41, 5.74) is 3.14. The number of rotatable bonds is 12. The van der Waals surface area contributed by atoms with Gasteiger partial charge in [0, 0.05) is 38.9 Å². The van der Waals surface area contributed by atoms with Crippen LogP contribution in [0.1, 0.15) is 73.4 Å². The molecule has 53 heavy (non-hydrogen) atoms. The van der Waals surface area contributed by atoms with Crippen molar-refractivity contribution in [2.75, 3.05) is 26.4 Å². The van der Waals surface area contributed by atoms with Crippen LogP contribution < -0.4 is 0 Å². The average molecular weight is 734 g/mol. The molecule has 0 aliphatic carbocycles. The number of benzene rings is 4. The largest absolute Gasteiger partial charge is 0.465 e. The molecule has 1 aliphatic rings. The summed E-state index contributed by atoms with van der Waals surface area (Å²) < 4.78 is 29.3. The van der Waals surface area contributed by atoms with E-state index in [0.717, 1.165) is 36.3 Å². The van der Waals surface area contributed by atoms with E-state index in [-0.39, 0.29) is 12.6 Å². The van der Waals surface area contributed by atoms with Crippen LogP contribution in [0.2, 0.25) is 0 Å². The lowest BCUT2D eigenvalue weighted by atomic mass is 9.76. The molecule has 0 spiro atoms. The first-order valence-corrected chi connectivity index (χ1v) is 20.1. The van der Waals surface area contributed by atoms with Crippen molar-refractivity contribution >= 4 is 16.1 Å². The molecule has 5 aromatic rings. The number of sulfonamides is 1. The molecule has 0 bridgehead atoms. The van der Waals surface area contributed by atoms with Crippen LogP contribution in [0.3, 0.4) is 0 Å². The van der Waals surface area contributed by atoms with Gasteiger partial charge in [0.15, 0.2) is 0 Å². The van der Waals surface area contributed by atoms with Crippen LogP contribution in [0.15, 0.2) is 128 Å². The Morgan fingerprint density at radius 1 is 0.811 bits per heavy atom. The molecular formula is C43H51N5O4S. The van der Waals surface area contributed by atoms with E-state index in [0.29, 0.717) is 24.4 Å². The Hall–Kier alpha value is -4.77. The number of hydrogen-bond acceptors (Lipinski definition) is 5. The van der Waals surface area contributed by atoms with Gasteiger partial charge in [0.1, 0.15) is 11.4 Å². The predicted molar refractivity (Wildman–Crippen MR) is 210 cm³/mol. The molecule has 1 unspecified atom stereocenters. The number of nitrogens with zero attached hydrogens (tertiary/aromatic N) is 5. The van der Waals surface area contributed by atoms with E-state index in [1.54, 1.807) is 11.9 Å². The van der Waals surface area contributed by atoms with Crippen molar-refractivity contribution in [1.29, 1.82) is 0 Å². The Morgan fingerprint density at radius 2 is 1.26 bits per heavy atom. The van der Waals surface area contributed by atoms with Gasteiger partial charge in [-0.25, -0.2) is 18.2 Å². The van der Waals surface area contributed by atoms with Crippen molar-refractivity contribution in [3.8, 4) is 0 Å². The summed E-state index contributed by atoms with van der Waals surface area (Å²) in [6.45, 7) is 8.52. The molecule has 1 N–H and O–H groups in total. The molecule has 6 rings (SSSR count). The summed E-state index contributed by atoms with van der Waals surface area (Å²) in [5.74, 6) is 0.502. The van der Waals surface area contributed by atoms with Gasteiger partial charge in [0.05, 0.1) is 24.5 Å². The number of likely N-dealkylation sites (tertiary alicyclic amines) is 1. The minimum absolute atomic E-state index is 0.0190. The van der Waals surface area contributed by atoms with Crippen molar-refractivity contribution in [1.82, 2.24) is 23.7 Å². The van der Waals surface area contributed by atoms with Crippen LogP contribution >= 0.6 is 0 Å². The molecule has 1 saturated heterocycles.